The summed E-state index contributed by atoms with van der Waals surface area (Å²) < 4.78 is -3.70. The van der Waals surface area contributed by atoms with E-state index in [0.29, 0.717) is 15.7 Å². The second-order valence-electron chi connectivity index (χ2n) is 5.61. The molecule has 0 fully saturated rings. The molecule has 17 heteroatoms. The van der Waals surface area contributed by atoms with E-state index in [-0.39, 0.29) is 76.6 Å². The number of hydrogen-bond donors (Lipinski definition) is 2. The van der Waals surface area contributed by atoms with Gasteiger partial charge < -0.3 is 15.1 Å². The van der Waals surface area contributed by atoms with Gasteiger partial charge in [-0.25, -0.2) is 15.0 Å². The average molecular weight is 650 g/mol. The number of benzene rings is 1. The third kappa shape index (κ3) is 9.68. The molecule has 2 rings (SSSR count). The Morgan fingerprint density at radius 1 is 0.875 bits per heavy atom. The van der Waals surface area contributed by atoms with E-state index < -0.39 is 32.6 Å². The molecule has 1 aromatic carbocycles. The fraction of sp³-hybridized carbons (Fsp3) is 0.267. The second kappa shape index (κ2) is 13.5. The van der Waals surface area contributed by atoms with Crippen molar-refractivity contribution in [1.29, 1.82) is 0 Å². The number of aromatic nitrogens is 3. The van der Waals surface area contributed by atoms with Gasteiger partial charge in [0.25, 0.3) is 0 Å². The zero-order valence-corrected chi connectivity index (χ0v) is 20.4. The van der Waals surface area contributed by atoms with Gasteiger partial charge in [0.15, 0.2) is 17.5 Å². The minimum atomic E-state index is -2.03. The van der Waals surface area contributed by atoms with Gasteiger partial charge in [-0.15, -0.1) is 0 Å². The van der Waals surface area contributed by atoms with Crippen LogP contribution >= 0.6 is 85.5 Å². The first kappa shape index (κ1) is 33.2. The molecule has 8 nitrogen and oxygen atoms in total. The van der Waals surface area contributed by atoms with Crippen molar-refractivity contribution in [1.82, 2.24) is 15.0 Å². The number of carboxylic acid groups (broad SMARTS) is 2. The van der Waals surface area contributed by atoms with Gasteiger partial charge in [-0.05, 0) is 34.1 Å². The maximum absolute atomic E-state index is 11.1. The van der Waals surface area contributed by atoms with Gasteiger partial charge >= 0.3 is 71.1 Å². The molecule has 0 saturated carbocycles. The minimum absolute atomic E-state index is 0. The van der Waals surface area contributed by atoms with E-state index in [1.807, 2.05) is 0 Å². The Balaban J connectivity index is 0.00000480. The molecule has 0 radical (unpaired) electrons. The molecule has 0 bridgehead atoms. The molecule has 0 spiro atoms. The number of halogens is 7. The SMILES string of the molecule is O=C(O)CN(CC(=O)O)c1ccc(-c2nc(C(Cl)(Cl)Cl)nc(C(Cl)(Cl)Cl)n2)cc1Br.[NaH].[NaH]. The van der Waals surface area contributed by atoms with E-state index in [1.165, 1.54) is 18.2 Å². The number of hydrogen-bond acceptors (Lipinski definition) is 6. The van der Waals surface area contributed by atoms with Crippen molar-refractivity contribution in [3.05, 3.63) is 34.3 Å². The van der Waals surface area contributed by atoms with Crippen LogP contribution < -0.4 is 4.90 Å². The topological polar surface area (TPSA) is 117 Å². The molecule has 32 heavy (non-hydrogen) atoms. The van der Waals surface area contributed by atoms with E-state index in [9.17, 15) is 9.59 Å². The van der Waals surface area contributed by atoms with E-state index >= 15 is 0 Å². The molecule has 2 N–H and O–H groups in total. The number of anilines is 1. The molecule has 0 saturated heterocycles. The average Bonchev–Trinajstić information content (AvgIpc) is 2.58. The summed E-state index contributed by atoms with van der Waals surface area (Å²) in [6.07, 6.45) is 0. The van der Waals surface area contributed by atoms with E-state index in [2.05, 4.69) is 30.9 Å². The first-order valence-electron chi connectivity index (χ1n) is 7.57. The molecular weight excluding hydrogens is 639 g/mol. The summed E-state index contributed by atoms with van der Waals surface area (Å²) in [6.45, 7) is -1.07. The number of rotatable bonds is 6. The summed E-state index contributed by atoms with van der Waals surface area (Å²) in [4.78, 5) is 35.3. The van der Waals surface area contributed by atoms with Crippen molar-refractivity contribution < 1.29 is 19.8 Å². The molecule has 0 unspecified atom stereocenters. The van der Waals surface area contributed by atoms with Gasteiger partial charge in [0, 0.05) is 10.0 Å². The van der Waals surface area contributed by atoms with Gasteiger partial charge in [-0.3, -0.25) is 9.59 Å². The van der Waals surface area contributed by atoms with Crippen molar-refractivity contribution in [3.8, 4) is 11.4 Å². The number of carbonyl (C=O) groups is 2. The van der Waals surface area contributed by atoms with Crippen LogP contribution in [0.2, 0.25) is 0 Å². The van der Waals surface area contributed by atoms with E-state index in [1.54, 1.807) is 0 Å². The van der Waals surface area contributed by atoms with Crippen LogP contribution in [0.1, 0.15) is 11.6 Å². The Hall–Kier alpha value is 1.19. The molecule has 2 aromatic rings. The molecule has 166 valence electrons. The van der Waals surface area contributed by atoms with Crippen molar-refractivity contribution in [2.75, 3.05) is 18.0 Å². The predicted octanol–water partition coefficient (Wildman–Crippen LogP) is 3.63. The quantitative estimate of drug-likeness (QED) is 0.360. The van der Waals surface area contributed by atoms with E-state index in [0.717, 1.165) is 4.90 Å². The third-order valence-corrected chi connectivity index (χ3v) is 4.99. The summed E-state index contributed by atoms with van der Waals surface area (Å²) in [7, 11) is 0. The molecule has 1 aromatic heterocycles. The fourth-order valence-electron chi connectivity index (χ4n) is 2.21. The van der Waals surface area contributed by atoms with Crippen LogP contribution in [0, 0.1) is 0 Å². The van der Waals surface area contributed by atoms with E-state index in [4.69, 9.17) is 79.8 Å². The Labute approximate surface area is 265 Å². The number of carboxylic acids is 2. The van der Waals surface area contributed by atoms with Crippen molar-refractivity contribution in [3.63, 3.8) is 0 Å². The second-order valence-corrected chi connectivity index (χ2v) is 11.0. The Kier molecular flexibility index (Phi) is 14.0. The fourth-order valence-corrected chi connectivity index (χ4v) is 3.35. The van der Waals surface area contributed by atoms with Crippen LogP contribution in [0.3, 0.4) is 0 Å². The molecule has 0 amide bonds. The molecule has 0 atom stereocenters. The molecule has 0 aliphatic heterocycles. The number of alkyl halides is 6. The molecule has 1 heterocycles. The summed E-state index contributed by atoms with van der Waals surface area (Å²) in [6, 6.07) is 4.47. The Bertz CT molecular complexity index is 945. The van der Waals surface area contributed by atoms with Crippen molar-refractivity contribution >= 4 is 162 Å². The van der Waals surface area contributed by atoms with Gasteiger partial charge in [0.05, 0.1) is 5.69 Å². The van der Waals surface area contributed by atoms with Crippen LogP contribution in [0.5, 0.6) is 0 Å². The van der Waals surface area contributed by atoms with Crippen LogP contribution in [-0.2, 0) is 17.2 Å². The van der Waals surface area contributed by atoms with Crippen LogP contribution in [0.15, 0.2) is 22.7 Å². The normalized spacial score (nSPS) is 11.2. The molecular formula is C15H11BrCl6N4Na2O4. The van der Waals surface area contributed by atoms with Crippen LogP contribution in [-0.4, -0.2) is 109 Å². The molecule has 0 aliphatic rings. The zero-order chi connectivity index (χ0) is 22.9. The number of aliphatic carboxylic acids is 2. The number of nitrogens with zero attached hydrogens (tertiary/aromatic N) is 4. The van der Waals surface area contributed by atoms with Gasteiger partial charge in [0.2, 0.25) is 7.59 Å². The van der Waals surface area contributed by atoms with Gasteiger partial charge in [-0.2, -0.15) is 0 Å². The Morgan fingerprint density at radius 3 is 1.66 bits per heavy atom. The van der Waals surface area contributed by atoms with Crippen LogP contribution in [0.4, 0.5) is 5.69 Å². The Morgan fingerprint density at radius 2 is 1.31 bits per heavy atom. The summed E-state index contributed by atoms with van der Waals surface area (Å²) in [5.41, 5.74) is 0.672. The van der Waals surface area contributed by atoms with Crippen molar-refractivity contribution in [2.45, 2.75) is 7.59 Å². The first-order chi connectivity index (χ1) is 13.7. The monoisotopic (exact) mass is 646 g/mol. The zero-order valence-electron chi connectivity index (χ0n) is 14.3. The van der Waals surface area contributed by atoms with Crippen molar-refractivity contribution in [2.24, 2.45) is 0 Å². The third-order valence-electron chi connectivity index (χ3n) is 3.34. The molecule has 0 aliphatic carbocycles. The maximum atomic E-state index is 11.1. The van der Waals surface area contributed by atoms with Gasteiger partial charge in [0.1, 0.15) is 13.1 Å². The summed E-state index contributed by atoms with van der Waals surface area (Å²) in [5.74, 6) is -2.97. The van der Waals surface area contributed by atoms with Crippen LogP contribution in [0.25, 0.3) is 11.4 Å². The predicted molar refractivity (Wildman–Crippen MR) is 133 cm³/mol. The summed E-state index contributed by atoms with van der Waals surface area (Å²) in [5, 5.41) is 18.1. The first-order valence-corrected chi connectivity index (χ1v) is 10.6. The summed E-state index contributed by atoms with van der Waals surface area (Å²) >= 11 is 38.4. The standard InChI is InChI=1S/C15H9BrCl6N4O4.2Na.2H/c16-7-3-6(1-2-8(7)26(4-9(27)28)5-10(29)30)11-23-12(14(17,18)19)25-13(24-11)15(20,21)22;;;;/h1-3H,4-5H2,(H,27,28)(H,29,30);;;;. The van der Waals surface area contributed by atoms with Gasteiger partial charge in [-0.1, -0.05) is 69.6 Å².